The third-order valence-corrected chi connectivity index (χ3v) is 8.67. The molecule has 78 valence electrons. The van der Waals surface area contributed by atoms with Crippen LogP contribution in [-0.4, -0.2) is 6.69 Å². The van der Waals surface area contributed by atoms with Crippen LogP contribution in [0, 0.1) is 0 Å². The number of hydrogen-bond acceptors (Lipinski definition) is 1. The lowest BCUT2D eigenvalue weighted by atomic mass is 10.2. The van der Waals surface area contributed by atoms with E-state index in [1.165, 1.54) is 5.56 Å². The summed E-state index contributed by atoms with van der Waals surface area (Å²) in [7, 11) is 0. The minimum Gasteiger partial charge on any atom is -0.151 e. The molecule has 0 saturated carbocycles. The maximum Gasteiger partial charge on any atom is 0.294 e. The molecule has 1 aromatic carbocycles. The van der Waals surface area contributed by atoms with E-state index in [0.717, 1.165) is 10.5 Å². The number of halogens is 2. The number of thiophene rings is 1. The highest BCUT2D eigenvalue weighted by atomic mass is 35.7. The molecule has 0 aliphatic heterocycles. The maximum atomic E-state index is 6.45. The summed E-state index contributed by atoms with van der Waals surface area (Å²) in [5, 5.41) is 2.02. The van der Waals surface area contributed by atoms with Gasteiger partial charge in [-0.3, -0.25) is 0 Å². The summed E-state index contributed by atoms with van der Waals surface area (Å²) >= 11 is 14.6. The van der Waals surface area contributed by atoms with Crippen LogP contribution in [0.25, 0.3) is 0 Å². The van der Waals surface area contributed by atoms with Crippen LogP contribution in [0.2, 0.25) is 0 Å². The van der Waals surface area contributed by atoms with Crippen molar-refractivity contribution in [1.29, 1.82) is 0 Å². The monoisotopic (exact) mass is 272 g/mol. The Balaban J connectivity index is 2.18. The van der Waals surface area contributed by atoms with Gasteiger partial charge in [-0.1, -0.05) is 36.4 Å². The molecule has 0 radical (unpaired) electrons. The van der Waals surface area contributed by atoms with Gasteiger partial charge in [0.1, 0.15) is 0 Å². The van der Waals surface area contributed by atoms with Crippen LogP contribution >= 0.6 is 33.5 Å². The van der Waals surface area contributed by atoms with Crippen LogP contribution in [0.15, 0.2) is 47.8 Å². The fourth-order valence-corrected chi connectivity index (χ4v) is 6.37. The van der Waals surface area contributed by atoms with Crippen LogP contribution < -0.4 is 4.50 Å². The van der Waals surface area contributed by atoms with Crippen molar-refractivity contribution in [3.05, 3.63) is 53.4 Å². The molecule has 0 aliphatic rings. The van der Waals surface area contributed by atoms with Crippen molar-refractivity contribution in [1.82, 2.24) is 0 Å². The Morgan fingerprint density at radius 3 is 2.33 bits per heavy atom. The Labute approximate surface area is 104 Å². The topological polar surface area (TPSA) is 0 Å². The zero-order valence-electron chi connectivity index (χ0n) is 7.99. The fraction of sp³-hybridized carbons (Fsp3) is 0.0909. The lowest BCUT2D eigenvalue weighted by Gasteiger charge is -2.14. The van der Waals surface area contributed by atoms with Gasteiger partial charge >= 0.3 is 0 Å². The van der Waals surface area contributed by atoms with Crippen LogP contribution in [-0.2, 0) is 6.04 Å². The molecular formula is C11H10Cl2SSi. The third kappa shape index (κ3) is 2.85. The Kier molecular flexibility index (Phi) is 3.51. The van der Waals surface area contributed by atoms with Crippen LogP contribution in [0.1, 0.15) is 5.56 Å². The molecule has 0 unspecified atom stereocenters. The molecule has 0 saturated heterocycles. The molecule has 0 atom stereocenters. The Hall–Kier alpha value is -0.283. The highest BCUT2D eigenvalue weighted by molar-refractivity contribution is 7.56. The predicted octanol–water partition coefficient (Wildman–Crippen LogP) is 3.66. The van der Waals surface area contributed by atoms with Crippen LogP contribution in [0.5, 0.6) is 0 Å². The lowest BCUT2D eigenvalue weighted by Crippen LogP contribution is -2.37. The molecule has 2 rings (SSSR count). The van der Waals surface area contributed by atoms with Crippen molar-refractivity contribution in [3.63, 3.8) is 0 Å². The van der Waals surface area contributed by atoms with Gasteiger partial charge in [-0.2, -0.15) is 11.3 Å². The fourth-order valence-electron chi connectivity index (χ4n) is 1.43. The van der Waals surface area contributed by atoms with E-state index >= 15 is 0 Å². The van der Waals surface area contributed by atoms with Gasteiger partial charge in [0, 0.05) is 4.50 Å². The average Bonchev–Trinajstić information content (AvgIpc) is 2.71. The highest BCUT2D eigenvalue weighted by Gasteiger charge is 2.32. The summed E-state index contributed by atoms with van der Waals surface area (Å²) in [4.78, 5) is 0. The zero-order chi connectivity index (χ0) is 10.7. The van der Waals surface area contributed by atoms with E-state index < -0.39 is 6.69 Å². The number of rotatable bonds is 3. The molecule has 0 spiro atoms. The van der Waals surface area contributed by atoms with Gasteiger partial charge in [0.25, 0.3) is 6.69 Å². The van der Waals surface area contributed by atoms with Crippen molar-refractivity contribution >= 4 is 44.7 Å². The standard InChI is InChI=1S/C11H10Cl2SSi/c12-15(13,11-7-4-8-14-11)9-10-5-2-1-3-6-10/h1-8H,9H2. The van der Waals surface area contributed by atoms with Crippen molar-refractivity contribution < 1.29 is 0 Å². The van der Waals surface area contributed by atoms with Crippen molar-refractivity contribution in [3.8, 4) is 0 Å². The van der Waals surface area contributed by atoms with Gasteiger partial charge in [-0.15, -0.1) is 22.2 Å². The normalized spacial score (nSPS) is 11.6. The summed E-state index contributed by atoms with van der Waals surface area (Å²) < 4.78 is 1.13. The second-order valence-electron chi connectivity index (χ2n) is 3.34. The minimum atomic E-state index is -2.31. The van der Waals surface area contributed by atoms with Crippen molar-refractivity contribution in [2.45, 2.75) is 6.04 Å². The molecule has 15 heavy (non-hydrogen) atoms. The smallest absolute Gasteiger partial charge is 0.151 e. The first-order chi connectivity index (χ1) is 7.18. The van der Waals surface area contributed by atoms with Gasteiger partial charge in [0.2, 0.25) is 0 Å². The molecule has 0 fully saturated rings. The minimum absolute atomic E-state index is 0.775. The highest BCUT2D eigenvalue weighted by Crippen LogP contribution is 2.22. The van der Waals surface area contributed by atoms with Gasteiger partial charge in [-0.25, -0.2) is 0 Å². The summed E-state index contributed by atoms with van der Waals surface area (Å²) in [6.45, 7) is -2.31. The molecule has 0 amide bonds. The summed E-state index contributed by atoms with van der Waals surface area (Å²) in [6, 6.07) is 15.0. The maximum absolute atomic E-state index is 6.45. The van der Waals surface area contributed by atoms with Crippen molar-refractivity contribution in [2.24, 2.45) is 0 Å². The first-order valence-corrected chi connectivity index (χ1v) is 9.75. The number of benzene rings is 1. The predicted molar refractivity (Wildman–Crippen MR) is 71.6 cm³/mol. The van der Waals surface area contributed by atoms with E-state index in [2.05, 4.69) is 12.1 Å². The summed E-state index contributed by atoms with van der Waals surface area (Å²) in [5.74, 6) is 0. The van der Waals surface area contributed by atoms with Gasteiger partial charge < -0.3 is 0 Å². The molecular weight excluding hydrogens is 263 g/mol. The second kappa shape index (κ2) is 4.70. The van der Waals surface area contributed by atoms with E-state index in [0.29, 0.717) is 0 Å². The van der Waals surface area contributed by atoms with E-state index in [9.17, 15) is 0 Å². The number of hydrogen-bond donors (Lipinski definition) is 0. The first kappa shape index (κ1) is 11.2. The Bertz CT molecular complexity index is 411. The van der Waals surface area contributed by atoms with E-state index in [1.807, 2.05) is 35.7 Å². The van der Waals surface area contributed by atoms with Crippen LogP contribution in [0.4, 0.5) is 0 Å². The molecule has 0 bridgehead atoms. The van der Waals surface area contributed by atoms with Gasteiger partial charge in [0.15, 0.2) is 0 Å². The van der Waals surface area contributed by atoms with E-state index in [1.54, 1.807) is 11.3 Å². The Morgan fingerprint density at radius 1 is 1.00 bits per heavy atom. The molecule has 0 nitrogen and oxygen atoms in total. The summed E-state index contributed by atoms with van der Waals surface area (Å²) in [5.41, 5.74) is 1.21. The SMILES string of the molecule is Cl[Si](Cl)(Cc1ccccc1)c1cccs1. The zero-order valence-corrected chi connectivity index (χ0v) is 11.3. The van der Waals surface area contributed by atoms with E-state index in [4.69, 9.17) is 22.2 Å². The molecule has 1 heterocycles. The molecule has 4 heteroatoms. The Morgan fingerprint density at radius 2 is 1.73 bits per heavy atom. The van der Waals surface area contributed by atoms with Gasteiger partial charge in [0.05, 0.1) is 0 Å². The third-order valence-electron chi connectivity index (χ3n) is 2.15. The molecule has 1 aromatic heterocycles. The first-order valence-electron chi connectivity index (χ1n) is 4.64. The second-order valence-corrected chi connectivity index (χ2v) is 11.4. The largest absolute Gasteiger partial charge is 0.294 e. The lowest BCUT2D eigenvalue weighted by molar-refractivity contribution is 1.38. The quantitative estimate of drug-likeness (QED) is 0.591. The van der Waals surface area contributed by atoms with E-state index in [-0.39, 0.29) is 0 Å². The summed E-state index contributed by atoms with van der Waals surface area (Å²) in [6.07, 6.45) is 0. The van der Waals surface area contributed by atoms with Gasteiger partial charge in [-0.05, 0) is 23.1 Å². The molecule has 2 aromatic rings. The van der Waals surface area contributed by atoms with Crippen LogP contribution in [0.3, 0.4) is 0 Å². The van der Waals surface area contributed by atoms with Crippen molar-refractivity contribution in [2.75, 3.05) is 0 Å². The molecule has 0 aliphatic carbocycles. The molecule has 0 N–H and O–H groups in total. The average molecular weight is 273 g/mol.